The maximum atomic E-state index is 11.1. The van der Waals surface area contributed by atoms with Gasteiger partial charge in [0.15, 0.2) is 0 Å². The van der Waals surface area contributed by atoms with Crippen molar-refractivity contribution in [3.05, 3.63) is 0 Å². The van der Waals surface area contributed by atoms with Gasteiger partial charge in [-0.05, 0) is 19.8 Å². The Morgan fingerprint density at radius 1 is 1.36 bits per heavy atom. The number of hydrogen-bond acceptors (Lipinski definition) is 3. The highest BCUT2D eigenvalue weighted by atomic mass is 16.5. The summed E-state index contributed by atoms with van der Waals surface area (Å²) >= 11 is 0. The highest BCUT2D eigenvalue weighted by Gasteiger charge is 2.29. The van der Waals surface area contributed by atoms with Gasteiger partial charge in [-0.25, -0.2) is 0 Å². The van der Waals surface area contributed by atoms with Gasteiger partial charge in [0.2, 0.25) is 0 Å². The van der Waals surface area contributed by atoms with Crippen molar-refractivity contribution in [3.63, 3.8) is 0 Å². The molecule has 1 atom stereocenters. The van der Waals surface area contributed by atoms with Crippen LogP contribution in [-0.2, 0) is 9.53 Å². The minimum Gasteiger partial charge on any atom is -0.379 e. The van der Waals surface area contributed by atoms with E-state index in [1.54, 1.807) is 0 Å². The van der Waals surface area contributed by atoms with Crippen LogP contribution in [0.1, 0.15) is 32.6 Å². The molecule has 2 rings (SSSR count). The van der Waals surface area contributed by atoms with E-state index >= 15 is 0 Å². The van der Waals surface area contributed by atoms with Crippen LogP contribution in [0.15, 0.2) is 0 Å². The number of hydrogen-bond donors (Lipinski definition) is 0. The molecule has 14 heavy (non-hydrogen) atoms. The average Bonchev–Trinajstić information content (AvgIpc) is 2.20. The smallest absolute Gasteiger partial charge is 0.133 e. The summed E-state index contributed by atoms with van der Waals surface area (Å²) in [5.41, 5.74) is 0. The molecular formula is C11H19NO2. The van der Waals surface area contributed by atoms with Gasteiger partial charge in [0.05, 0.1) is 13.2 Å². The molecule has 0 aromatic carbocycles. The normalized spacial score (nSPS) is 32.1. The van der Waals surface area contributed by atoms with Gasteiger partial charge >= 0.3 is 0 Å². The SMILES string of the molecule is C[C@H]1COCCN1C1CCC(=O)CC1. The van der Waals surface area contributed by atoms with E-state index in [9.17, 15) is 4.79 Å². The summed E-state index contributed by atoms with van der Waals surface area (Å²) in [6, 6.07) is 1.16. The average molecular weight is 197 g/mol. The summed E-state index contributed by atoms with van der Waals surface area (Å²) in [6.45, 7) is 4.97. The van der Waals surface area contributed by atoms with Gasteiger partial charge in [-0.15, -0.1) is 0 Å². The summed E-state index contributed by atoms with van der Waals surface area (Å²) < 4.78 is 5.42. The predicted octanol–water partition coefficient (Wildman–Crippen LogP) is 1.22. The number of Topliss-reactive ketones (excluding diaryl/α,β-unsaturated/α-hetero) is 1. The third-order valence-corrected chi connectivity index (χ3v) is 3.40. The molecule has 0 radical (unpaired) electrons. The number of ketones is 1. The van der Waals surface area contributed by atoms with E-state index in [1.807, 2.05) is 0 Å². The lowest BCUT2D eigenvalue weighted by Gasteiger charge is -2.40. The number of nitrogens with zero attached hydrogens (tertiary/aromatic N) is 1. The van der Waals surface area contributed by atoms with Crippen molar-refractivity contribution in [2.24, 2.45) is 0 Å². The Kier molecular flexibility index (Phi) is 3.19. The number of carbonyl (C=O) groups excluding carboxylic acids is 1. The quantitative estimate of drug-likeness (QED) is 0.633. The van der Waals surface area contributed by atoms with Crippen molar-refractivity contribution >= 4 is 5.78 Å². The molecule has 1 saturated carbocycles. The van der Waals surface area contributed by atoms with Crippen molar-refractivity contribution in [3.8, 4) is 0 Å². The standard InChI is InChI=1S/C11H19NO2/c1-9-8-14-7-6-12(9)10-2-4-11(13)5-3-10/h9-10H,2-8H2,1H3/t9-/m0/s1. The fourth-order valence-electron chi connectivity index (χ4n) is 2.54. The highest BCUT2D eigenvalue weighted by molar-refractivity contribution is 5.79. The monoisotopic (exact) mass is 197 g/mol. The van der Waals surface area contributed by atoms with Gasteiger partial charge in [0.1, 0.15) is 5.78 Å². The van der Waals surface area contributed by atoms with E-state index < -0.39 is 0 Å². The first kappa shape index (κ1) is 10.1. The van der Waals surface area contributed by atoms with Gasteiger partial charge in [0.25, 0.3) is 0 Å². The molecule has 1 aliphatic heterocycles. The molecule has 0 aromatic heterocycles. The Bertz CT molecular complexity index is 207. The predicted molar refractivity (Wildman–Crippen MR) is 54.3 cm³/mol. The Morgan fingerprint density at radius 2 is 2.07 bits per heavy atom. The third kappa shape index (κ3) is 2.15. The molecule has 1 heterocycles. The molecule has 3 nitrogen and oxygen atoms in total. The largest absolute Gasteiger partial charge is 0.379 e. The molecule has 0 aromatic rings. The molecule has 80 valence electrons. The Morgan fingerprint density at radius 3 is 2.71 bits per heavy atom. The van der Waals surface area contributed by atoms with Gasteiger partial charge in [-0.1, -0.05) is 0 Å². The molecule has 0 spiro atoms. The van der Waals surface area contributed by atoms with E-state index in [1.165, 1.54) is 0 Å². The zero-order valence-electron chi connectivity index (χ0n) is 8.87. The lowest BCUT2D eigenvalue weighted by Crippen LogP contribution is -2.50. The summed E-state index contributed by atoms with van der Waals surface area (Å²) in [4.78, 5) is 13.7. The second-order valence-electron chi connectivity index (χ2n) is 4.43. The second kappa shape index (κ2) is 4.41. The zero-order valence-corrected chi connectivity index (χ0v) is 8.87. The number of carbonyl (C=O) groups is 1. The van der Waals surface area contributed by atoms with Crippen LogP contribution in [0.25, 0.3) is 0 Å². The Balaban J connectivity index is 1.90. The van der Waals surface area contributed by atoms with E-state index in [0.29, 0.717) is 17.9 Å². The van der Waals surface area contributed by atoms with Gasteiger partial charge in [-0.3, -0.25) is 9.69 Å². The molecule has 0 unspecified atom stereocenters. The molecule has 0 N–H and O–H groups in total. The van der Waals surface area contributed by atoms with Crippen LogP contribution in [-0.4, -0.2) is 42.5 Å². The van der Waals surface area contributed by atoms with Crippen LogP contribution in [0, 0.1) is 0 Å². The summed E-state index contributed by atoms with van der Waals surface area (Å²) in [5, 5.41) is 0. The molecule has 2 fully saturated rings. The van der Waals surface area contributed by atoms with E-state index in [4.69, 9.17) is 4.74 Å². The highest BCUT2D eigenvalue weighted by Crippen LogP contribution is 2.23. The summed E-state index contributed by atoms with van der Waals surface area (Å²) in [6.07, 6.45) is 3.69. The second-order valence-corrected chi connectivity index (χ2v) is 4.43. The van der Waals surface area contributed by atoms with Crippen LogP contribution >= 0.6 is 0 Å². The zero-order chi connectivity index (χ0) is 9.97. The molecule has 0 amide bonds. The first-order chi connectivity index (χ1) is 6.77. The summed E-state index contributed by atoms with van der Waals surface area (Å²) in [5.74, 6) is 0.446. The maximum absolute atomic E-state index is 11.1. The topological polar surface area (TPSA) is 29.5 Å². The fraction of sp³-hybridized carbons (Fsp3) is 0.909. The molecule has 2 aliphatic rings. The fourth-order valence-corrected chi connectivity index (χ4v) is 2.54. The van der Waals surface area contributed by atoms with Gasteiger partial charge in [0, 0.05) is 31.5 Å². The molecule has 1 saturated heterocycles. The van der Waals surface area contributed by atoms with Crippen molar-refractivity contribution in [1.29, 1.82) is 0 Å². The van der Waals surface area contributed by atoms with Gasteiger partial charge < -0.3 is 4.74 Å². The van der Waals surface area contributed by atoms with Crippen molar-refractivity contribution < 1.29 is 9.53 Å². The number of morpholine rings is 1. The van der Waals surface area contributed by atoms with Crippen LogP contribution in [0.2, 0.25) is 0 Å². The minimum atomic E-state index is 0.446. The summed E-state index contributed by atoms with van der Waals surface area (Å²) in [7, 11) is 0. The van der Waals surface area contributed by atoms with E-state index in [0.717, 1.165) is 45.4 Å². The first-order valence-electron chi connectivity index (χ1n) is 5.62. The minimum absolute atomic E-state index is 0.446. The van der Waals surface area contributed by atoms with Crippen LogP contribution in [0.5, 0.6) is 0 Å². The maximum Gasteiger partial charge on any atom is 0.133 e. The molecule has 1 aliphatic carbocycles. The number of rotatable bonds is 1. The van der Waals surface area contributed by atoms with Crippen LogP contribution in [0.3, 0.4) is 0 Å². The van der Waals surface area contributed by atoms with Crippen molar-refractivity contribution in [1.82, 2.24) is 4.90 Å². The molecular weight excluding hydrogens is 178 g/mol. The molecule has 0 bridgehead atoms. The Labute approximate surface area is 85.4 Å². The lowest BCUT2D eigenvalue weighted by atomic mass is 9.92. The van der Waals surface area contributed by atoms with Crippen molar-refractivity contribution in [2.45, 2.75) is 44.7 Å². The first-order valence-corrected chi connectivity index (χ1v) is 5.62. The number of ether oxygens (including phenoxy) is 1. The van der Waals surface area contributed by atoms with Gasteiger partial charge in [-0.2, -0.15) is 0 Å². The van der Waals surface area contributed by atoms with Crippen molar-refractivity contribution in [2.75, 3.05) is 19.8 Å². The third-order valence-electron chi connectivity index (χ3n) is 3.40. The lowest BCUT2D eigenvalue weighted by molar-refractivity contribution is -0.122. The molecule has 3 heteroatoms. The van der Waals surface area contributed by atoms with Crippen LogP contribution < -0.4 is 0 Å². The van der Waals surface area contributed by atoms with E-state index in [-0.39, 0.29) is 0 Å². The Hall–Kier alpha value is -0.410. The van der Waals surface area contributed by atoms with Crippen LogP contribution in [0.4, 0.5) is 0 Å². The van der Waals surface area contributed by atoms with E-state index in [2.05, 4.69) is 11.8 Å².